The van der Waals surface area contributed by atoms with Crippen LogP contribution in [-0.4, -0.2) is 68.6 Å². The lowest BCUT2D eigenvalue weighted by atomic mass is 9.99. The molecule has 120 valence electrons. The van der Waals surface area contributed by atoms with E-state index in [1.165, 1.54) is 4.31 Å². The Labute approximate surface area is 123 Å². The zero-order chi connectivity index (χ0) is 15.2. The van der Waals surface area contributed by atoms with Crippen molar-refractivity contribution in [3.8, 4) is 0 Å². The highest BCUT2D eigenvalue weighted by atomic mass is 32.2. The molecule has 2 N–H and O–H groups in total. The number of nitrogens with one attached hydrogen (secondary N) is 1. The zero-order valence-electron chi connectivity index (χ0n) is 12.9. The normalized spacial score (nSPS) is 21.8. The Balaban J connectivity index is 2.24. The summed E-state index contributed by atoms with van der Waals surface area (Å²) < 4.78 is 27.7. The molecule has 0 aromatic rings. The lowest BCUT2D eigenvalue weighted by Crippen LogP contribution is -2.43. The number of aliphatic hydroxyl groups excluding tert-OH is 1. The fourth-order valence-electron chi connectivity index (χ4n) is 2.39. The van der Waals surface area contributed by atoms with Crippen molar-refractivity contribution in [1.82, 2.24) is 13.9 Å². The molecule has 0 aromatic carbocycles. The summed E-state index contributed by atoms with van der Waals surface area (Å²) >= 11 is 0. The average Bonchev–Trinajstić information content (AvgIpc) is 2.43. The first kappa shape index (κ1) is 17.8. The molecule has 20 heavy (non-hydrogen) atoms. The third kappa shape index (κ3) is 5.65. The molecule has 0 aliphatic carbocycles. The maximum absolute atomic E-state index is 11.9. The minimum absolute atomic E-state index is 0.0418. The average molecular weight is 307 g/mol. The van der Waals surface area contributed by atoms with E-state index in [1.54, 1.807) is 7.05 Å². The van der Waals surface area contributed by atoms with Crippen LogP contribution in [0.4, 0.5) is 0 Å². The van der Waals surface area contributed by atoms with Crippen molar-refractivity contribution in [1.29, 1.82) is 0 Å². The lowest BCUT2D eigenvalue weighted by Gasteiger charge is -2.31. The monoisotopic (exact) mass is 307 g/mol. The predicted octanol–water partition coefficient (Wildman–Crippen LogP) is 0.255. The number of hydrogen-bond acceptors (Lipinski definition) is 4. The Bertz CT molecular complexity index is 373. The van der Waals surface area contributed by atoms with Crippen LogP contribution in [0.2, 0.25) is 0 Å². The van der Waals surface area contributed by atoms with Crippen LogP contribution in [0.5, 0.6) is 0 Å². The first-order valence-electron chi connectivity index (χ1n) is 7.42. The summed E-state index contributed by atoms with van der Waals surface area (Å²) in [4.78, 5) is 2.31. The van der Waals surface area contributed by atoms with Crippen LogP contribution >= 0.6 is 0 Å². The van der Waals surface area contributed by atoms with Crippen LogP contribution in [0, 0.1) is 5.92 Å². The highest BCUT2D eigenvalue weighted by Gasteiger charge is 2.21. The van der Waals surface area contributed by atoms with E-state index in [-0.39, 0.29) is 12.6 Å². The second-order valence-electron chi connectivity index (χ2n) is 5.85. The maximum atomic E-state index is 11.9. The van der Waals surface area contributed by atoms with E-state index >= 15 is 0 Å². The van der Waals surface area contributed by atoms with E-state index in [0.717, 1.165) is 38.9 Å². The van der Waals surface area contributed by atoms with Gasteiger partial charge in [-0.05, 0) is 52.1 Å². The minimum Gasteiger partial charge on any atom is -0.396 e. The standard InChI is InChI=1S/C13H29N3O3S/c1-12(2)15(3)20(18,19)14-7-5-9-16-8-4-6-13(10-16)11-17/h12-14,17H,4-11H2,1-3H3/t13-/m1/s1. The molecule has 0 spiro atoms. The fraction of sp³-hybridized carbons (Fsp3) is 1.00. The van der Waals surface area contributed by atoms with Crippen molar-refractivity contribution in [2.75, 3.05) is 39.8 Å². The molecule has 0 amide bonds. The number of likely N-dealkylation sites (tertiary alicyclic amines) is 1. The Hall–Kier alpha value is -0.210. The van der Waals surface area contributed by atoms with Crippen LogP contribution < -0.4 is 4.72 Å². The number of aliphatic hydroxyl groups is 1. The molecule has 6 nitrogen and oxygen atoms in total. The quantitative estimate of drug-likeness (QED) is 0.631. The molecule has 1 atom stereocenters. The lowest BCUT2D eigenvalue weighted by molar-refractivity contribution is 0.120. The summed E-state index contributed by atoms with van der Waals surface area (Å²) in [5.74, 6) is 0.382. The van der Waals surface area contributed by atoms with E-state index in [4.69, 9.17) is 0 Å². The number of hydrogen-bond donors (Lipinski definition) is 2. The number of piperidine rings is 1. The van der Waals surface area contributed by atoms with Crippen molar-refractivity contribution >= 4 is 10.2 Å². The first-order chi connectivity index (χ1) is 9.36. The van der Waals surface area contributed by atoms with Gasteiger partial charge in [0.2, 0.25) is 0 Å². The molecule has 7 heteroatoms. The topological polar surface area (TPSA) is 72.9 Å². The zero-order valence-corrected chi connectivity index (χ0v) is 13.7. The molecule has 1 rings (SSSR count). The Kier molecular flexibility index (Phi) is 7.39. The van der Waals surface area contributed by atoms with Gasteiger partial charge in [-0.2, -0.15) is 12.7 Å². The largest absolute Gasteiger partial charge is 0.396 e. The van der Waals surface area contributed by atoms with Gasteiger partial charge < -0.3 is 10.0 Å². The second kappa shape index (κ2) is 8.29. The molecular weight excluding hydrogens is 278 g/mol. The van der Waals surface area contributed by atoms with Crippen molar-refractivity contribution in [3.63, 3.8) is 0 Å². The third-order valence-electron chi connectivity index (χ3n) is 3.90. The SMILES string of the molecule is CC(C)N(C)S(=O)(=O)NCCCN1CCC[C@@H](CO)C1. The Morgan fingerprint density at radius 1 is 1.45 bits per heavy atom. The molecule has 0 saturated carbocycles. The van der Waals surface area contributed by atoms with Gasteiger partial charge in [0.05, 0.1) is 0 Å². The van der Waals surface area contributed by atoms with Gasteiger partial charge in [-0.1, -0.05) is 0 Å². The molecule has 1 heterocycles. The van der Waals surface area contributed by atoms with E-state index < -0.39 is 10.2 Å². The predicted molar refractivity (Wildman–Crippen MR) is 80.7 cm³/mol. The van der Waals surface area contributed by atoms with E-state index in [0.29, 0.717) is 12.5 Å². The summed E-state index contributed by atoms with van der Waals surface area (Å²) in [6.07, 6.45) is 3.01. The summed E-state index contributed by atoms with van der Waals surface area (Å²) in [6.45, 7) is 7.26. The number of rotatable bonds is 8. The molecule has 0 bridgehead atoms. The van der Waals surface area contributed by atoms with Crippen LogP contribution in [0.25, 0.3) is 0 Å². The van der Waals surface area contributed by atoms with Gasteiger partial charge in [0, 0.05) is 32.8 Å². The molecule has 1 fully saturated rings. The van der Waals surface area contributed by atoms with Crippen LogP contribution in [0.1, 0.15) is 33.1 Å². The van der Waals surface area contributed by atoms with E-state index in [1.807, 2.05) is 13.8 Å². The smallest absolute Gasteiger partial charge is 0.279 e. The Morgan fingerprint density at radius 2 is 2.15 bits per heavy atom. The van der Waals surface area contributed by atoms with Crippen molar-refractivity contribution in [2.45, 2.75) is 39.2 Å². The van der Waals surface area contributed by atoms with Gasteiger partial charge >= 0.3 is 0 Å². The summed E-state index contributed by atoms with van der Waals surface area (Å²) in [5, 5.41) is 9.18. The van der Waals surface area contributed by atoms with Gasteiger partial charge in [0.15, 0.2) is 0 Å². The van der Waals surface area contributed by atoms with Crippen molar-refractivity contribution < 1.29 is 13.5 Å². The summed E-state index contributed by atoms with van der Waals surface area (Å²) in [6, 6.07) is -0.0418. The van der Waals surface area contributed by atoms with Gasteiger partial charge in [-0.15, -0.1) is 0 Å². The molecular formula is C13H29N3O3S. The van der Waals surface area contributed by atoms with Crippen molar-refractivity contribution in [2.24, 2.45) is 5.92 Å². The molecule has 1 saturated heterocycles. The van der Waals surface area contributed by atoms with E-state index in [9.17, 15) is 13.5 Å². The minimum atomic E-state index is -3.35. The molecule has 0 aromatic heterocycles. The second-order valence-corrected chi connectivity index (χ2v) is 7.67. The first-order valence-corrected chi connectivity index (χ1v) is 8.86. The fourth-order valence-corrected chi connectivity index (χ4v) is 3.55. The highest BCUT2D eigenvalue weighted by Crippen LogP contribution is 2.15. The molecule has 0 radical (unpaired) electrons. The highest BCUT2D eigenvalue weighted by molar-refractivity contribution is 7.87. The van der Waals surface area contributed by atoms with Gasteiger partial charge in [-0.3, -0.25) is 0 Å². The van der Waals surface area contributed by atoms with Crippen LogP contribution in [0.15, 0.2) is 0 Å². The molecule has 1 aliphatic rings. The van der Waals surface area contributed by atoms with Crippen LogP contribution in [-0.2, 0) is 10.2 Å². The molecule has 0 unspecified atom stereocenters. The summed E-state index contributed by atoms with van der Waals surface area (Å²) in [7, 11) is -1.77. The van der Waals surface area contributed by atoms with Gasteiger partial charge in [-0.25, -0.2) is 4.72 Å². The van der Waals surface area contributed by atoms with Crippen molar-refractivity contribution in [3.05, 3.63) is 0 Å². The third-order valence-corrected chi connectivity index (χ3v) is 5.65. The van der Waals surface area contributed by atoms with Gasteiger partial charge in [0.1, 0.15) is 0 Å². The summed E-state index contributed by atoms with van der Waals surface area (Å²) in [5.41, 5.74) is 0. The van der Waals surface area contributed by atoms with Crippen LogP contribution in [0.3, 0.4) is 0 Å². The number of nitrogens with zero attached hydrogens (tertiary/aromatic N) is 2. The molecule has 1 aliphatic heterocycles. The van der Waals surface area contributed by atoms with E-state index in [2.05, 4.69) is 9.62 Å². The maximum Gasteiger partial charge on any atom is 0.279 e. The Morgan fingerprint density at radius 3 is 2.75 bits per heavy atom. The van der Waals surface area contributed by atoms with Gasteiger partial charge in [0.25, 0.3) is 10.2 Å².